The highest BCUT2D eigenvalue weighted by Crippen LogP contribution is 2.28. The molecule has 132 valence electrons. The molecular weight excluding hydrogens is 350 g/mol. The number of hydrogen-bond donors (Lipinski definition) is 2. The standard InChI is InChI=1S/C16H22ClN3O3S/c1-3-20(4-2)15(21)8-23-14-6-5-11(7-12(14)17)19-16(22)13-9-24-10-18-13/h5-7,13,18H,3-4,8-10H2,1-2H3,(H,19,22). The molecule has 0 spiro atoms. The van der Waals surface area contributed by atoms with Gasteiger partial charge in [0.15, 0.2) is 6.61 Å². The number of amides is 2. The molecule has 0 aromatic heterocycles. The summed E-state index contributed by atoms with van der Waals surface area (Å²) in [6, 6.07) is 4.81. The second kappa shape index (κ2) is 9.15. The number of anilines is 1. The maximum atomic E-state index is 12.1. The lowest BCUT2D eigenvalue weighted by molar-refractivity contribution is -0.133. The van der Waals surface area contributed by atoms with E-state index in [0.29, 0.717) is 29.5 Å². The van der Waals surface area contributed by atoms with E-state index in [2.05, 4.69) is 10.6 Å². The number of nitrogens with zero attached hydrogens (tertiary/aromatic N) is 1. The molecule has 0 bridgehead atoms. The van der Waals surface area contributed by atoms with Crippen molar-refractivity contribution >= 4 is 40.9 Å². The molecule has 0 aliphatic carbocycles. The van der Waals surface area contributed by atoms with Crippen molar-refractivity contribution in [3.63, 3.8) is 0 Å². The topological polar surface area (TPSA) is 70.7 Å². The summed E-state index contributed by atoms with van der Waals surface area (Å²) in [5, 5.41) is 6.29. The fraction of sp³-hybridized carbons (Fsp3) is 0.500. The second-order valence-electron chi connectivity index (χ2n) is 5.26. The molecule has 1 aliphatic heterocycles. The Morgan fingerprint density at radius 2 is 2.17 bits per heavy atom. The van der Waals surface area contributed by atoms with Crippen molar-refractivity contribution in [2.24, 2.45) is 0 Å². The zero-order valence-corrected chi connectivity index (χ0v) is 15.4. The SMILES string of the molecule is CCN(CC)C(=O)COc1ccc(NC(=O)C2CSCN2)cc1Cl. The van der Waals surface area contributed by atoms with Crippen molar-refractivity contribution in [1.29, 1.82) is 0 Å². The van der Waals surface area contributed by atoms with E-state index in [4.69, 9.17) is 16.3 Å². The van der Waals surface area contributed by atoms with Crippen LogP contribution in [-0.4, -0.2) is 54.1 Å². The molecule has 1 heterocycles. The van der Waals surface area contributed by atoms with Crippen molar-refractivity contribution in [1.82, 2.24) is 10.2 Å². The summed E-state index contributed by atoms with van der Waals surface area (Å²) in [7, 11) is 0. The van der Waals surface area contributed by atoms with E-state index in [1.54, 1.807) is 34.9 Å². The van der Waals surface area contributed by atoms with Gasteiger partial charge in [0.1, 0.15) is 5.75 Å². The van der Waals surface area contributed by atoms with Gasteiger partial charge in [-0.25, -0.2) is 0 Å². The highest BCUT2D eigenvalue weighted by molar-refractivity contribution is 7.99. The van der Waals surface area contributed by atoms with Gasteiger partial charge in [-0.3, -0.25) is 14.9 Å². The van der Waals surface area contributed by atoms with E-state index in [1.807, 2.05) is 13.8 Å². The van der Waals surface area contributed by atoms with Crippen LogP contribution in [0.15, 0.2) is 18.2 Å². The van der Waals surface area contributed by atoms with Gasteiger partial charge in [-0.05, 0) is 32.0 Å². The van der Waals surface area contributed by atoms with Crippen molar-refractivity contribution < 1.29 is 14.3 Å². The van der Waals surface area contributed by atoms with E-state index in [9.17, 15) is 9.59 Å². The van der Waals surface area contributed by atoms with Crippen LogP contribution in [0.3, 0.4) is 0 Å². The minimum atomic E-state index is -0.184. The summed E-state index contributed by atoms with van der Waals surface area (Å²) < 4.78 is 5.49. The molecule has 24 heavy (non-hydrogen) atoms. The molecule has 1 aliphatic rings. The molecule has 1 aromatic carbocycles. The summed E-state index contributed by atoms with van der Waals surface area (Å²) in [6.45, 7) is 5.07. The van der Waals surface area contributed by atoms with Crippen molar-refractivity contribution in [3.8, 4) is 5.75 Å². The van der Waals surface area contributed by atoms with Crippen molar-refractivity contribution in [3.05, 3.63) is 23.2 Å². The summed E-state index contributed by atoms with van der Waals surface area (Å²) in [6.07, 6.45) is 0. The van der Waals surface area contributed by atoms with Gasteiger partial charge in [-0.1, -0.05) is 11.6 Å². The fourth-order valence-electron chi connectivity index (χ4n) is 2.30. The van der Waals surface area contributed by atoms with E-state index in [0.717, 1.165) is 11.6 Å². The van der Waals surface area contributed by atoms with Gasteiger partial charge in [0.2, 0.25) is 5.91 Å². The quantitative estimate of drug-likeness (QED) is 0.768. The fourth-order valence-corrected chi connectivity index (χ4v) is 3.47. The molecular formula is C16H22ClN3O3S. The van der Waals surface area contributed by atoms with E-state index in [-0.39, 0.29) is 24.5 Å². The van der Waals surface area contributed by atoms with Crippen LogP contribution in [0.2, 0.25) is 5.02 Å². The predicted molar refractivity (Wildman–Crippen MR) is 97.8 cm³/mol. The van der Waals surface area contributed by atoms with Gasteiger partial charge in [-0.2, -0.15) is 0 Å². The van der Waals surface area contributed by atoms with Crippen LogP contribution in [0.5, 0.6) is 5.75 Å². The second-order valence-corrected chi connectivity index (χ2v) is 6.70. The molecule has 1 atom stereocenters. The van der Waals surface area contributed by atoms with E-state index >= 15 is 0 Å². The number of carbonyl (C=O) groups excluding carboxylic acids is 2. The van der Waals surface area contributed by atoms with Crippen LogP contribution in [0, 0.1) is 0 Å². The lowest BCUT2D eigenvalue weighted by atomic mass is 10.2. The summed E-state index contributed by atoms with van der Waals surface area (Å²) in [5.41, 5.74) is 0.603. The molecule has 1 saturated heterocycles. The lowest BCUT2D eigenvalue weighted by Gasteiger charge is -2.19. The Hall–Kier alpha value is -1.44. The van der Waals surface area contributed by atoms with Crippen LogP contribution in [0.1, 0.15) is 13.8 Å². The predicted octanol–water partition coefficient (Wildman–Crippen LogP) is 2.19. The molecule has 6 nitrogen and oxygen atoms in total. The summed E-state index contributed by atoms with van der Waals surface area (Å²) >= 11 is 7.87. The number of nitrogens with one attached hydrogen (secondary N) is 2. The zero-order valence-electron chi connectivity index (χ0n) is 13.8. The Kier molecular flexibility index (Phi) is 7.20. The van der Waals surface area contributed by atoms with Gasteiger partial charge < -0.3 is 15.0 Å². The normalized spacial score (nSPS) is 16.7. The number of rotatable bonds is 7. The van der Waals surface area contributed by atoms with Gasteiger partial charge in [0.05, 0.1) is 11.1 Å². The molecule has 0 saturated carbocycles. The Morgan fingerprint density at radius 3 is 2.75 bits per heavy atom. The molecule has 0 radical (unpaired) electrons. The molecule has 1 unspecified atom stereocenters. The van der Waals surface area contributed by atoms with Gasteiger partial charge >= 0.3 is 0 Å². The largest absolute Gasteiger partial charge is 0.482 e. The average Bonchev–Trinajstić information content (AvgIpc) is 3.10. The number of halogens is 1. The van der Waals surface area contributed by atoms with Crippen molar-refractivity contribution in [2.45, 2.75) is 19.9 Å². The van der Waals surface area contributed by atoms with Gasteiger partial charge in [0.25, 0.3) is 5.91 Å². The first-order chi connectivity index (χ1) is 11.5. The van der Waals surface area contributed by atoms with Crippen LogP contribution in [-0.2, 0) is 9.59 Å². The number of ether oxygens (including phenoxy) is 1. The first-order valence-electron chi connectivity index (χ1n) is 7.87. The lowest BCUT2D eigenvalue weighted by Crippen LogP contribution is -2.37. The number of thioether (sulfide) groups is 1. The van der Waals surface area contributed by atoms with Gasteiger partial charge in [-0.15, -0.1) is 11.8 Å². The van der Waals surface area contributed by atoms with Crippen LogP contribution >= 0.6 is 23.4 Å². The minimum absolute atomic E-state index is 0.0592. The van der Waals surface area contributed by atoms with Gasteiger partial charge in [0, 0.05) is 30.4 Å². The number of carbonyl (C=O) groups is 2. The maximum absolute atomic E-state index is 12.1. The Morgan fingerprint density at radius 1 is 1.42 bits per heavy atom. The van der Waals surface area contributed by atoms with Crippen LogP contribution in [0.4, 0.5) is 5.69 Å². The first kappa shape index (κ1) is 18.9. The highest BCUT2D eigenvalue weighted by atomic mass is 35.5. The molecule has 8 heteroatoms. The molecule has 2 amide bonds. The number of benzene rings is 1. The monoisotopic (exact) mass is 371 g/mol. The average molecular weight is 372 g/mol. The molecule has 1 fully saturated rings. The zero-order chi connectivity index (χ0) is 17.5. The third-order valence-corrected chi connectivity index (χ3v) is 4.93. The van der Waals surface area contributed by atoms with E-state index in [1.165, 1.54) is 0 Å². The Labute approximate surface area is 151 Å². The third-order valence-electron chi connectivity index (χ3n) is 3.70. The Balaban J connectivity index is 1.91. The van der Waals surface area contributed by atoms with E-state index < -0.39 is 0 Å². The van der Waals surface area contributed by atoms with Crippen LogP contribution < -0.4 is 15.4 Å². The summed E-state index contributed by atoms with van der Waals surface area (Å²) in [5.74, 6) is 1.80. The Bertz CT molecular complexity index is 590. The molecule has 1 aromatic rings. The maximum Gasteiger partial charge on any atom is 0.260 e. The summed E-state index contributed by atoms with van der Waals surface area (Å²) in [4.78, 5) is 25.7. The first-order valence-corrected chi connectivity index (χ1v) is 9.40. The number of likely N-dealkylation sites (N-methyl/N-ethyl adjacent to an activating group) is 1. The number of hydrogen-bond acceptors (Lipinski definition) is 5. The highest BCUT2D eigenvalue weighted by Gasteiger charge is 2.22. The molecule has 2 rings (SSSR count). The van der Waals surface area contributed by atoms with Crippen LogP contribution in [0.25, 0.3) is 0 Å². The smallest absolute Gasteiger partial charge is 0.260 e. The van der Waals surface area contributed by atoms with Crippen molar-refractivity contribution in [2.75, 3.05) is 36.6 Å². The molecule has 2 N–H and O–H groups in total. The third kappa shape index (κ3) is 5.03. The minimum Gasteiger partial charge on any atom is -0.482 e.